The summed E-state index contributed by atoms with van der Waals surface area (Å²) in [7, 11) is 0. The fraction of sp³-hybridized carbons (Fsp3) is 0.571. The van der Waals surface area contributed by atoms with Crippen LogP contribution < -0.4 is 4.74 Å². The Balaban J connectivity index is 1.92. The molecule has 1 aliphatic rings. The summed E-state index contributed by atoms with van der Waals surface area (Å²) in [5, 5.41) is 0. The summed E-state index contributed by atoms with van der Waals surface area (Å²) in [5.74, 6) is 1.49. The first-order valence-electron chi connectivity index (χ1n) is 6.29. The highest BCUT2D eigenvalue weighted by Gasteiger charge is 2.19. The molecule has 0 amide bonds. The fourth-order valence-corrected chi connectivity index (χ4v) is 2.18. The molecule has 3 nitrogen and oxygen atoms in total. The van der Waals surface area contributed by atoms with Crippen molar-refractivity contribution in [3.63, 3.8) is 0 Å². The lowest BCUT2D eigenvalue weighted by Gasteiger charge is -2.26. The number of hydrogen-bond acceptors (Lipinski definition) is 3. The molecule has 0 spiro atoms. The van der Waals surface area contributed by atoms with Crippen LogP contribution in [-0.2, 0) is 0 Å². The Kier molecular flexibility index (Phi) is 3.77. The Hall–Kier alpha value is -1.38. The van der Waals surface area contributed by atoms with Crippen molar-refractivity contribution in [2.24, 2.45) is 5.92 Å². The third-order valence-corrected chi connectivity index (χ3v) is 3.39. The fourth-order valence-electron chi connectivity index (χ4n) is 2.18. The van der Waals surface area contributed by atoms with Crippen LogP contribution in [0.5, 0.6) is 5.88 Å². The third-order valence-electron chi connectivity index (χ3n) is 3.39. The first-order valence-corrected chi connectivity index (χ1v) is 6.29. The van der Waals surface area contributed by atoms with Crippen LogP contribution in [0.3, 0.4) is 0 Å². The van der Waals surface area contributed by atoms with Crippen molar-refractivity contribution in [1.82, 2.24) is 4.98 Å². The molecule has 3 heteroatoms. The van der Waals surface area contributed by atoms with Gasteiger partial charge >= 0.3 is 0 Å². The maximum Gasteiger partial charge on any atom is 0.213 e. The number of hydrogen-bond donors (Lipinski definition) is 0. The average molecular weight is 233 g/mol. The summed E-state index contributed by atoms with van der Waals surface area (Å²) in [6.07, 6.45) is 6.56. The van der Waals surface area contributed by atoms with Crippen molar-refractivity contribution < 1.29 is 9.53 Å². The van der Waals surface area contributed by atoms with Gasteiger partial charge in [0.05, 0.1) is 0 Å². The Morgan fingerprint density at radius 2 is 2.00 bits per heavy atom. The van der Waals surface area contributed by atoms with E-state index in [1.807, 2.05) is 0 Å². The number of ether oxygens (including phenoxy) is 1. The maximum absolute atomic E-state index is 11.1. The lowest BCUT2D eigenvalue weighted by atomic mass is 9.89. The molecule has 0 unspecified atom stereocenters. The Morgan fingerprint density at radius 3 is 2.53 bits per heavy atom. The van der Waals surface area contributed by atoms with Crippen LogP contribution in [0.25, 0.3) is 0 Å². The summed E-state index contributed by atoms with van der Waals surface area (Å²) >= 11 is 0. The topological polar surface area (TPSA) is 39.2 Å². The standard InChI is InChI=1S/C14H19NO2/c1-10-3-6-13(7-4-10)17-14-8-5-12(9-15-14)11(2)16/h5,8-10,13H,3-4,6-7H2,1-2H3. The number of Topliss-reactive ketones (excluding diaryl/α,β-unsaturated/α-hetero) is 1. The van der Waals surface area contributed by atoms with Crippen LogP contribution in [-0.4, -0.2) is 16.9 Å². The second-order valence-corrected chi connectivity index (χ2v) is 4.94. The first-order chi connectivity index (χ1) is 8.15. The van der Waals surface area contributed by atoms with Crippen molar-refractivity contribution in [3.8, 4) is 5.88 Å². The highest BCUT2D eigenvalue weighted by Crippen LogP contribution is 2.26. The zero-order chi connectivity index (χ0) is 12.3. The SMILES string of the molecule is CC(=O)c1ccc(OC2CCC(C)CC2)nc1. The molecular formula is C14H19NO2. The van der Waals surface area contributed by atoms with E-state index in [1.54, 1.807) is 25.3 Å². The van der Waals surface area contributed by atoms with Gasteiger partial charge in [-0.3, -0.25) is 4.79 Å². The van der Waals surface area contributed by atoms with Gasteiger partial charge in [-0.2, -0.15) is 0 Å². The first kappa shape index (κ1) is 12.1. The van der Waals surface area contributed by atoms with Crippen LogP contribution in [0.15, 0.2) is 18.3 Å². The largest absolute Gasteiger partial charge is 0.474 e. The van der Waals surface area contributed by atoms with Crippen molar-refractivity contribution in [2.45, 2.75) is 45.6 Å². The maximum atomic E-state index is 11.1. The molecule has 0 saturated heterocycles. The summed E-state index contributed by atoms with van der Waals surface area (Å²) in [5.41, 5.74) is 0.634. The Labute approximate surface area is 102 Å². The van der Waals surface area contributed by atoms with Crippen LogP contribution in [0, 0.1) is 5.92 Å². The normalized spacial score (nSPS) is 24.4. The minimum atomic E-state index is 0.0375. The van der Waals surface area contributed by atoms with Crippen molar-refractivity contribution in [1.29, 1.82) is 0 Å². The van der Waals surface area contributed by atoms with Gasteiger partial charge in [-0.15, -0.1) is 0 Å². The molecule has 1 fully saturated rings. The molecule has 1 heterocycles. The van der Waals surface area contributed by atoms with E-state index >= 15 is 0 Å². The van der Waals surface area contributed by atoms with E-state index in [2.05, 4.69) is 11.9 Å². The van der Waals surface area contributed by atoms with Crippen LogP contribution in [0.2, 0.25) is 0 Å². The number of aromatic nitrogens is 1. The molecule has 0 N–H and O–H groups in total. The summed E-state index contributed by atoms with van der Waals surface area (Å²) in [6.45, 7) is 3.83. The predicted octanol–water partition coefficient (Wildman–Crippen LogP) is 3.24. The van der Waals surface area contributed by atoms with E-state index in [9.17, 15) is 4.79 Å². The molecule has 1 aliphatic carbocycles. The molecule has 2 rings (SSSR count). The highest BCUT2D eigenvalue weighted by molar-refractivity contribution is 5.93. The molecule has 0 radical (unpaired) electrons. The molecule has 0 aliphatic heterocycles. The minimum absolute atomic E-state index is 0.0375. The van der Waals surface area contributed by atoms with Crippen molar-refractivity contribution >= 4 is 5.78 Å². The molecule has 1 aromatic rings. The second-order valence-electron chi connectivity index (χ2n) is 4.94. The van der Waals surface area contributed by atoms with Crippen molar-refractivity contribution in [3.05, 3.63) is 23.9 Å². The van der Waals surface area contributed by atoms with Gasteiger partial charge in [-0.05, 0) is 44.6 Å². The van der Waals surface area contributed by atoms with E-state index in [-0.39, 0.29) is 5.78 Å². The van der Waals surface area contributed by atoms with Crippen molar-refractivity contribution in [2.75, 3.05) is 0 Å². The van der Waals surface area contributed by atoms with E-state index in [1.165, 1.54) is 12.8 Å². The van der Waals surface area contributed by atoms with Crippen LogP contribution in [0.1, 0.15) is 49.9 Å². The average Bonchev–Trinajstić information content (AvgIpc) is 2.33. The number of rotatable bonds is 3. The zero-order valence-electron chi connectivity index (χ0n) is 10.5. The number of nitrogens with zero attached hydrogens (tertiary/aromatic N) is 1. The molecule has 17 heavy (non-hydrogen) atoms. The van der Waals surface area contributed by atoms with Gasteiger partial charge in [0.1, 0.15) is 6.10 Å². The molecule has 1 saturated carbocycles. The number of carbonyl (C=O) groups is 1. The monoisotopic (exact) mass is 233 g/mol. The smallest absolute Gasteiger partial charge is 0.213 e. The van der Waals surface area contributed by atoms with Gasteiger partial charge < -0.3 is 4.74 Å². The van der Waals surface area contributed by atoms with E-state index in [0.717, 1.165) is 18.8 Å². The molecule has 0 bridgehead atoms. The molecular weight excluding hydrogens is 214 g/mol. The van der Waals surface area contributed by atoms with Gasteiger partial charge in [0.15, 0.2) is 5.78 Å². The van der Waals surface area contributed by atoms with Gasteiger partial charge in [0.25, 0.3) is 0 Å². The zero-order valence-corrected chi connectivity index (χ0v) is 10.5. The molecule has 0 atom stereocenters. The molecule has 92 valence electrons. The highest BCUT2D eigenvalue weighted by atomic mass is 16.5. The lowest BCUT2D eigenvalue weighted by molar-refractivity contribution is 0.101. The van der Waals surface area contributed by atoms with Gasteiger partial charge in [-0.1, -0.05) is 6.92 Å². The van der Waals surface area contributed by atoms with Gasteiger partial charge in [0, 0.05) is 17.8 Å². The number of ketones is 1. The summed E-state index contributed by atoms with van der Waals surface area (Å²) < 4.78 is 5.82. The quantitative estimate of drug-likeness (QED) is 0.752. The second kappa shape index (κ2) is 5.30. The van der Waals surface area contributed by atoms with E-state index in [4.69, 9.17) is 4.74 Å². The Bertz CT molecular complexity index is 378. The summed E-state index contributed by atoms with van der Waals surface area (Å²) in [6, 6.07) is 3.56. The number of carbonyl (C=O) groups excluding carboxylic acids is 1. The summed E-state index contributed by atoms with van der Waals surface area (Å²) in [4.78, 5) is 15.3. The van der Waals surface area contributed by atoms with E-state index < -0.39 is 0 Å². The lowest BCUT2D eigenvalue weighted by Crippen LogP contribution is -2.23. The predicted molar refractivity (Wildman–Crippen MR) is 66.3 cm³/mol. The molecule has 0 aromatic carbocycles. The number of pyridine rings is 1. The van der Waals surface area contributed by atoms with Crippen LogP contribution >= 0.6 is 0 Å². The van der Waals surface area contributed by atoms with Crippen LogP contribution in [0.4, 0.5) is 0 Å². The van der Waals surface area contributed by atoms with E-state index in [0.29, 0.717) is 17.5 Å². The third kappa shape index (κ3) is 3.29. The minimum Gasteiger partial charge on any atom is -0.474 e. The van der Waals surface area contributed by atoms with Gasteiger partial charge in [0.2, 0.25) is 5.88 Å². The molecule has 1 aromatic heterocycles. The van der Waals surface area contributed by atoms with Gasteiger partial charge in [-0.25, -0.2) is 4.98 Å². The Morgan fingerprint density at radius 1 is 1.29 bits per heavy atom.